The van der Waals surface area contributed by atoms with E-state index in [4.69, 9.17) is 9.47 Å². The lowest BCUT2D eigenvalue weighted by molar-refractivity contribution is 0.310. The van der Waals surface area contributed by atoms with Crippen LogP contribution in [-0.4, -0.2) is 24.9 Å². The van der Waals surface area contributed by atoms with Crippen LogP contribution in [0.25, 0.3) is 0 Å². The molecule has 1 aromatic heterocycles. The van der Waals surface area contributed by atoms with Crippen molar-refractivity contribution in [1.82, 2.24) is 4.98 Å². The molecular formula is C15H19N3O2S. The fraction of sp³-hybridized carbons (Fsp3) is 0.333. The highest BCUT2D eigenvalue weighted by Gasteiger charge is 2.08. The Labute approximate surface area is 128 Å². The molecule has 0 aliphatic heterocycles. The van der Waals surface area contributed by atoms with Crippen molar-refractivity contribution in [2.45, 2.75) is 20.8 Å². The minimum atomic E-state index is 0.569. The molecule has 112 valence electrons. The molecule has 0 aliphatic carbocycles. The molecule has 0 fully saturated rings. The molecule has 0 amide bonds. The number of hydrogen-bond acceptors (Lipinski definition) is 6. The number of anilines is 1. The van der Waals surface area contributed by atoms with Crippen LogP contribution in [0.5, 0.6) is 11.5 Å². The summed E-state index contributed by atoms with van der Waals surface area (Å²) in [7, 11) is 1.62. The van der Waals surface area contributed by atoms with Crippen molar-refractivity contribution >= 4 is 22.7 Å². The van der Waals surface area contributed by atoms with E-state index in [0.29, 0.717) is 18.1 Å². The molecule has 2 aromatic rings. The van der Waals surface area contributed by atoms with Crippen molar-refractivity contribution in [3.05, 3.63) is 34.3 Å². The zero-order valence-electron chi connectivity index (χ0n) is 12.6. The summed E-state index contributed by atoms with van der Waals surface area (Å²) in [5.74, 6) is 1.39. The monoisotopic (exact) mass is 305 g/mol. The van der Waals surface area contributed by atoms with Crippen molar-refractivity contribution in [2.24, 2.45) is 5.10 Å². The summed E-state index contributed by atoms with van der Waals surface area (Å²) in [6, 6.07) is 5.70. The van der Waals surface area contributed by atoms with Gasteiger partial charge >= 0.3 is 0 Å². The molecule has 0 radical (unpaired) electrons. The lowest BCUT2D eigenvalue weighted by atomic mass is 10.2. The second-order valence-corrected chi connectivity index (χ2v) is 5.55. The molecule has 0 atom stereocenters. The van der Waals surface area contributed by atoms with Crippen molar-refractivity contribution in [3.63, 3.8) is 0 Å². The molecule has 5 nitrogen and oxygen atoms in total. The van der Waals surface area contributed by atoms with Crippen LogP contribution >= 0.6 is 11.3 Å². The Kier molecular flexibility index (Phi) is 5.16. The highest BCUT2D eigenvalue weighted by atomic mass is 32.1. The molecule has 1 aromatic carbocycles. The van der Waals surface area contributed by atoms with E-state index in [1.165, 1.54) is 4.88 Å². The number of hydrazone groups is 1. The third kappa shape index (κ3) is 3.72. The summed E-state index contributed by atoms with van der Waals surface area (Å²) in [5, 5.41) is 5.00. The van der Waals surface area contributed by atoms with E-state index in [9.17, 15) is 0 Å². The van der Waals surface area contributed by atoms with Crippen LogP contribution in [0, 0.1) is 13.8 Å². The summed E-state index contributed by atoms with van der Waals surface area (Å²) in [4.78, 5) is 5.56. The van der Waals surface area contributed by atoms with E-state index >= 15 is 0 Å². The van der Waals surface area contributed by atoms with Crippen LogP contribution < -0.4 is 14.9 Å². The van der Waals surface area contributed by atoms with Gasteiger partial charge in [-0.05, 0) is 32.9 Å². The number of aromatic nitrogens is 1. The fourth-order valence-electron chi connectivity index (χ4n) is 1.77. The Hall–Kier alpha value is -2.08. The number of para-hydroxylation sites is 1. The van der Waals surface area contributed by atoms with Gasteiger partial charge in [-0.3, -0.25) is 5.43 Å². The van der Waals surface area contributed by atoms with Crippen LogP contribution in [0.2, 0.25) is 0 Å². The number of ether oxygens (including phenoxy) is 2. The number of hydrogen-bond donors (Lipinski definition) is 1. The van der Waals surface area contributed by atoms with Gasteiger partial charge < -0.3 is 9.47 Å². The minimum absolute atomic E-state index is 0.569. The zero-order chi connectivity index (χ0) is 15.2. The van der Waals surface area contributed by atoms with E-state index in [2.05, 4.69) is 15.5 Å². The Morgan fingerprint density at radius 2 is 2.19 bits per heavy atom. The van der Waals surface area contributed by atoms with Gasteiger partial charge in [0.1, 0.15) is 0 Å². The highest BCUT2D eigenvalue weighted by Crippen LogP contribution is 2.30. The van der Waals surface area contributed by atoms with Crippen LogP contribution in [0.4, 0.5) is 5.13 Å². The van der Waals surface area contributed by atoms with Crippen LogP contribution in [0.3, 0.4) is 0 Å². The maximum Gasteiger partial charge on any atom is 0.203 e. The molecule has 0 saturated carbocycles. The second-order valence-electron chi connectivity index (χ2n) is 4.34. The van der Waals surface area contributed by atoms with Crippen molar-refractivity contribution in [2.75, 3.05) is 19.1 Å². The zero-order valence-corrected chi connectivity index (χ0v) is 13.5. The van der Waals surface area contributed by atoms with Crippen LogP contribution in [-0.2, 0) is 0 Å². The topological polar surface area (TPSA) is 55.7 Å². The number of nitrogens with one attached hydrogen (secondary N) is 1. The van der Waals surface area contributed by atoms with E-state index in [1.54, 1.807) is 24.7 Å². The number of benzene rings is 1. The van der Waals surface area contributed by atoms with Gasteiger partial charge in [0, 0.05) is 10.4 Å². The highest BCUT2D eigenvalue weighted by molar-refractivity contribution is 7.15. The standard InChI is InChI=1S/C15H19N3O2S/c1-5-20-14-12(7-6-8-13(14)19-4)9-16-18-15-17-10(2)11(3)21-15/h6-9H,5H2,1-4H3,(H,17,18)/b16-9-. The van der Waals surface area contributed by atoms with E-state index in [0.717, 1.165) is 16.4 Å². The molecule has 0 spiro atoms. The Morgan fingerprint density at radius 1 is 1.38 bits per heavy atom. The Balaban J connectivity index is 2.16. The third-order valence-electron chi connectivity index (χ3n) is 2.91. The fourth-order valence-corrected chi connectivity index (χ4v) is 2.54. The maximum absolute atomic E-state index is 5.63. The Morgan fingerprint density at radius 3 is 2.81 bits per heavy atom. The normalized spacial score (nSPS) is 10.9. The first-order valence-electron chi connectivity index (χ1n) is 6.68. The number of thiazole rings is 1. The van der Waals surface area contributed by atoms with Crippen LogP contribution in [0.1, 0.15) is 23.1 Å². The van der Waals surface area contributed by atoms with E-state index < -0.39 is 0 Å². The predicted octanol–water partition coefficient (Wildman–Crippen LogP) is 3.61. The first-order chi connectivity index (χ1) is 10.2. The van der Waals surface area contributed by atoms with Gasteiger partial charge in [0.2, 0.25) is 5.13 Å². The quantitative estimate of drug-likeness (QED) is 0.654. The van der Waals surface area contributed by atoms with Crippen molar-refractivity contribution in [1.29, 1.82) is 0 Å². The summed E-state index contributed by atoms with van der Waals surface area (Å²) in [5.41, 5.74) is 4.82. The second kappa shape index (κ2) is 7.08. The third-order valence-corrected chi connectivity index (χ3v) is 3.89. The summed E-state index contributed by atoms with van der Waals surface area (Å²) in [6.07, 6.45) is 1.71. The molecule has 21 heavy (non-hydrogen) atoms. The molecule has 6 heteroatoms. The largest absolute Gasteiger partial charge is 0.493 e. The lowest BCUT2D eigenvalue weighted by Gasteiger charge is -2.11. The molecule has 2 rings (SSSR count). The summed E-state index contributed by atoms with van der Waals surface area (Å²) >= 11 is 1.58. The average molecular weight is 305 g/mol. The number of rotatable bonds is 6. The van der Waals surface area contributed by atoms with Gasteiger partial charge in [0.05, 0.1) is 25.6 Å². The molecular weight excluding hydrogens is 286 g/mol. The SMILES string of the molecule is CCOc1c(/C=N\Nc2nc(C)c(C)s2)cccc1OC. The number of methoxy groups -OCH3 is 1. The Bertz CT molecular complexity index is 618. The lowest BCUT2D eigenvalue weighted by Crippen LogP contribution is -2.00. The molecule has 0 saturated heterocycles. The van der Waals surface area contributed by atoms with Crippen molar-refractivity contribution in [3.8, 4) is 11.5 Å². The van der Waals surface area contributed by atoms with Crippen LogP contribution in [0.15, 0.2) is 23.3 Å². The van der Waals surface area contributed by atoms with Crippen molar-refractivity contribution < 1.29 is 9.47 Å². The minimum Gasteiger partial charge on any atom is -0.493 e. The van der Waals surface area contributed by atoms with Gasteiger partial charge in [-0.25, -0.2) is 4.98 Å². The van der Waals surface area contributed by atoms with E-state index in [1.807, 2.05) is 39.0 Å². The maximum atomic E-state index is 5.63. The van der Waals surface area contributed by atoms with Gasteiger partial charge in [-0.1, -0.05) is 6.07 Å². The summed E-state index contributed by atoms with van der Waals surface area (Å²) in [6.45, 7) is 6.53. The average Bonchev–Trinajstić information content (AvgIpc) is 2.79. The molecule has 0 aliphatic rings. The van der Waals surface area contributed by atoms with Gasteiger partial charge in [-0.15, -0.1) is 11.3 Å². The summed E-state index contributed by atoms with van der Waals surface area (Å²) < 4.78 is 10.9. The first kappa shape index (κ1) is 15.3. The number of nitrogens with zero attached hydrogens (tertiary/aromatic N) is 2. The van der Waals surface area contributed by atoms with Gasteiger partial charge in [0.15, 0.2) is 11.5 Å². The van der Waals surface area contributed by atoms with Gasteiger partial charge in [-0.2, -0.15) is 5.10 Å². The smallest absolute Gasteiger partial charge is 0.203 e. The number of aryl methyl sites for hydroxylation is 2. The molecule has 0 unspecified atom stereocenters. The molecule has 0 bridgehead atoms. The first-order valence-corrected chi connectivity index (χ1v) is 7.50. The predicted molar refractivity (Wildman–Crippen MR) is 87.0 cm³/mol. The molecule has 1 N–H and O–H groups in total. The molecule has 1 heterocycles. The van der Waals surface area contributed by atoms with Gasteiger partial charge in [0.25, 0.3) is 0 Å². The van der Waals surface area contributed by atoms with E-state index in [-0.39, 0.29) is 0 Å².